The van der Waals surface area contributed by atoms with Gasteiger partial charge in [-0.25, -0.2) is 8.42 Å². The Labute approximate surface area is 127 Å². The number of rotatable bonds is 5. The monoisotopic (exact) mass is 318 g/mol. The highest BCUT2D eigenvalue weighted by Gasteiger charge is 2.36. The van der Waals surface area contributed by atoms with Crippen LogP contribution in [0.25, 0.3) is 0 Å². The molecule has 0 aromatic carbocycles. The molecule has 0 aromatic heterocycles. The van der Waals surface area contributed by atoms with Crippen molar-refractivity contribution in [2.24, 2.45) is 5.92 Å². The van der Waals surface area contributed by atoms with Crippen molar-refractivity contribution in [1.29, 1.82) is 0 Å². The van der Waals surface area contributed by atoms with Gasteiger partial charge < -0.3 is 10.2 Å². The van der Waals surface area contributed by atoms with Crippen LogP contribution in [0.5, 0.6) is 0 Å². The van der Waals surface area contributed by atoms with Gasteiger partial charge >= 0.3 is 0 Å². The van der Waals surface area contributed by atoms with Crippen LogP contribution in [0.4, 0.5) is 0 Å². The van der Waals surface area contributed by atoms with E-state index in [0.717, 1.165) is 0 Å². The average Bonchev–Trinajstić information content (AvgIpc) is 2.44. The van der Waals surface area contributed by atoms with Crippen LogP contribution in [0.3, 0.4) is 0 Å². The van der Waals surface area contributed by atoms with Gasteiger partial charge in [-0.3, -0.25) is 9.59 Å². The fourth-order valence-electron chi connectivity index (χ4n) is 2.31. The number of amides is 2. The summed E-state index contributed by atoms with van der Waals surface area (Å²) < 4.78 is 23.9. The van der Waals surface area contributed by atoms with Crippen molar-refractivity contribution in [3.05, 3.63) is 0 Å². The Kier molecular flexibility index (Phi) is 5.78. The van der Waals surface area contributed by atoms with Gasteiger partial charge in [0.05, 0.1) is 11.0 Å². The minimum Gasteiger partial charge on any atom is -0.344 e. The van der Waals surface area contributed by atoms with Crippen LogP contribution in [0, 0.1) is 5.92 Å². The summed E-state index contributed by atoms with van der Waals surface area (Å²) in [6, 6.07) is -0.868. The van der Waals surface area contributed by atoms with E-state index in [1.54, 1.807) is 20.8 Å². The lowest BCUT2D eigenvalue weighted by Crippen LogP contribution is -2.50. The molecular formula is C14H26N2O4S. The van der Waals surface area contributed by atoms with E-state index in [9.17, 15) is 18.0 Å². The van der Waals surface area contributed by atoms with Gasteiger partial charge in [0.25, 0.3) is 0 Å². The highest BCUT2D eigenvalue weighted by atomic mass is 32.2. The van der Waals surface area contributed by atoms with Crippen LogP contribution in [0.15, 0.2) is 0 Å². The SMILES string of the molecule is CC(C)C1NC(=O)CC(C)N(CCS(=O)(=O)C(C)C)C1=O. The second-order valence-corrected chi connectivity index (χ2v) is 8.97. The number of hydrogen-bond donors (Lipinski definition) is 1. The fourth-order valence-corrected chi connectivity index (χ4v) is 3.23. The van der Waals surface area contributed by atoms with Crippen molar-refractivity contribution in [2.75, 3.05) is 12.3 Å². The minimum absolute atomic E-state index is 0.0315. The zero-order valence-electron chi connectivity index (χ0n) is 13.4. The Bertz CT molecular complexity index is 499. The molecule has 6 nitrogen and oxygen atoms in total. The van der Waals surface area contributed by atoms with E-state index in [1.807, 2.05) is 13.8 Å². The molecule has 21 heavy (non-hydrogen) atoms. The number of nitrogens with one attached hydrogen (secondary N) is 1. The molecule has 0 saturated carbocycles. The van der Waals surface area contributed by atoms with Crippen molar-refractivity contribution in [2.45, 2.75) is 58.4 Å². The number of carbonyl (C=O) groups is 2. The fraction of sp³-hybridized carbons (Fsp3) is 0.857. The summed E-state index contributed by atoms with van der Waals surface area (Å²) in [5.41, 5.74) is 0. The average molecular weight is 318 g/mol. The number of sulfone groups is 1. The normalized spacial score (nSPS) is 24.4. The molecule has 122 valence electrons. The standard InChI is InChI=1S/C14H26N2O4S/c1-9(2)13-14(18)16(11(5)8-12(17)15-13)6-7-21(19,20)10(3)4/h9-11,13H,6-8H2,1-5H3,(H,15,17). The molecule has 0 aliphatic carbocycles. The van der Waals surface area contributed by atoms with E-state index < -0.39 is 21.1 Å². The van der Waals surface area contributed by atoms with Gasteiger partial charge in [0.15, 0.2) is 9.84 Å². The summed E-state index contributed by atoms with van der Waals surface area (Å²) in [5, 5.41) is 2.27. The van der Waals surface area contributed by atoms with E-state index >= 15 is 0 Å². The van der Waals surface area contributed by atoms with Crippen LogP contribution >= 0.6 is 0 Å². The summed E-state index contributed by atoms with van der Waals surface area (Å²) in [7, 11) is -3.21. The summed E-state index contributed by atoms with van der Waals surface area (Å²) in [4.78, 5) is 25.9. The first-order chi connectivity index (χ1) is 9.56. The van der Waals surface area contributed by atoms with E-state index in [0.29, 0.717) is 0 Å². The maximum atomic E-state index is 12.5. The molecule has 1 aliphatic heterocycles. The predicted molar refractivity (Wildman–Crippen MR) is 81.5 cm³/mol. The quantitative estimate of drug-likeness (QED) is 0.803. The molecule has 7 heteroatoms. The maximum Gasteiger partial charge on any atom is 0.245 e. The lowest BCUT2D eigenvalue weighted by Gasteiger charge is -2.30. The Morgan fingerprint density at radius 1 is 1.24 bits per heavy atom. The summed E-state index contributed by atoms with van der Waals surface area (Å²) in [5.74, 6) is -0.457. The number of hydrogen-bond acceptors (Lipinski definition) is 4. The molecule has 1 heterocycles. The zero-order valence-corrected chi connectivity index (χ0v) is 14.2. The smallest absolute Gasteiger partial charge is 0.245 e. The van der Waals surface area contributed by atoms with Gasteiger partial charge in [-0.15, -0.1) is 0 Å². The third kappa shape index (κ3) is 4.43. The van der Waals surface area contributed by atoms with Crippen LogP contribution in [-0.2, 0) is 19.4 Å². The van der Waals surface area contributed by atoms with Gasteiger partial charge in [0.2, 0.25) is 11.8 Å². The van der Waals surface area contributed by atoms with Crippen molar-refractivity contribution >= 4 is 21.7 Å². The molecule has 1 rings (SSSR count). The van der Waals surface area contributed by atoms with Crippen LogP contribution in [-0.4, -0.2) is 54.8 Å². The predicted octanol–water partition coefficient (Wildman–Crippen LogP) is 0.571. The number of carbonyl (C=O) groups excluding carboxylic acids is 2. The van der Waals surface area contributed by atoms with Gasteiger partial charge in [0.1, 0.15) is 6.04 Å². The molecule has 0 aromatic rings. The number of nitrogens with zero attached hydrogens (tertiary/aromatic N) is 1. The summed E-state index contributed by atoms with van der Waals surface area (Å²) in [6.45, 7) is 8.90. The summed E-state index contributed by atoms with van der Waals surface area (Å²) in [6.07, 6.45) is 0.205. The van der Waals surface area contributed by atoms with E-state index in [2.05, 4.69) is 5.32 Å². The minimum atomic E-state index is -3.21. The molecule has 1 N–H and O–H groups in total. The molecule has 2 atom stereocenters. The Morgan fingerprint density at radius 2 is 1.81 bits per heavy atom. The highest BCUT2D eigenvalue weighted by Crippen LogP contribution is 2.16. The first kappa shape index (κ1) is 17.9. The highest BCUT2D eigenvalue weighted by molar-refractivity contribution is 7.92. The van der Waals surface area contributed by atoms with Crippen LogP contribution < -0.4 is 5.32 Å². The zero-order chi connectivity index (χ0) is 16.4. The van der Waals surface area contributed by atoms with Crippen LogP contribution in [0.2, 0.25) is 0 Å². The molecule has 0 radical (unpaired) electrons. The molecule has 1 saturated heterocycles. The topological polar surface area (TPSA) is 83.6 Å². The first-order valence-corrected chi connectivity index (χ1v) is 9.09. The molecular weight excluding hydrogens is 292 g/mol. The molecule has 1 fully saturated rings. The molecule has 0 bridgehead atoms. The van der Waals surface area contributed by atoms with Crippen molar-refractivity contribution < 1.29 is 18.0 Å². The first-order valence-electron chi connectivity index (χ1n) is 7.37. The Hall–Kier alpha value is -1.11. The van der Waals surface area contributed by atoms with Gasteiger partial charge in [-0.2, -0.15) is 0 Å². The molecule has 2 unspecified atom stereocenters. The third-order valence-electron chi connectivity index (χ3n) is 3.88. The molecule has 0 spiro atoms. The van der Waals surface area contributed by atoms with Gasteiger partial charge in [0, 0.05) is 19.0 Å². The third-order valence-corrected chi connectivity index (χ3v) is 6.07. The van der Waals surface area contributed by atoms with Crippen molar-refractivity contribution in [3.8, 4) is 0 Å². The second kappa shape index (κ2) is 6.77. The van der Waals surface area contributed by atoms with Gasteiger partial charge in [-0.1, -0.05) is 13.8 Å². The Morgan fingerprint density at radius 3 is 2.29 bits per heavy atom. The second-order valence-electron chi connectivity index (χ2n) is 6.29. The van der Waals surface area contributed by atoms with Crippen molar-refractivity contribution in [1.82, 2.24) is 10.2 Å². The lowest BCUT2D eigenvalue weighted by molar-refractivity contribution is -0.135. The van der Waals surface area contributed by atoms with E-state index in [4.69, 9.17) is 0 Å². The summed E-state index contributed by atoms with van der Waals surface area (Å²) >= 11 is 0. The van der Waals surface area contributed by atoms with Crippen molar-refractivity contribution in [3.63, 3.8) is 0 Å². The van der Waals surface area contributed by atoms with Gasteiger partial charge in [-0.05, 0) is 26.7 Å². The van der Waals surface area contributed by atoms with E-state index in [-0.39, 0.29) is 42.5 Å². The van der Waals surface area contributed by atoms with E-state index in [1.165, 1.54) is 4.90 Å². The Balaban J connectivity index is 2.91. The maximum absolute atomic E-state index is 12.5. The lowest BCUT2D eigenvalue weighted by atomic mass is 10.0. The van der Waals surface area contributed by atoms with Crippen LogP contribution in [0.1, 0.15) is 41.0 Å². The molecule has 2 amide bonds. The largest absolute Gasteiger partial charge is 0.344 e. The molecule has 1 aliphatic rings.